The SMILES string of the molecule is Cc1cccc(S(=O)(=O)Nc2cc(OC(C)C)c(Cl)cc2Cl)c1. The molecule has 0 heterocycles. The van der Waals surface area contributed by atoms with Crippen molar-refractivity contribution in [1.29, 1.82) is 0 Å². The predicted octanol–water partition coefficient (Wildman–Crippen LogP) is 4.89. The van der Waals surface area contributed by atoms with Gasteiger partial charge in [-0.15, -0.1) is 0 Å². The fourth-order valence-electron chi connectivity index (χ4n) is 1.94. The molecule has 2 aromatic rings. The van der Waals surface area contributed by atoms with E-state index in [0.29, 0.717) is 10.8 Å². The molecular formula is C16H17Cl2NO3S. The maximum atomic E-state index is 12.5. The number of sulfonamides is 1. The van der Waals surface area contributed by atoms with Crippen molar-refractivity contribution >= 4 is 38.9 Å². The van der Waals surface area contributed by atoms with Gasteiger partial charge >= 0.3 is 0 Å². The average molecular weight is 374 g/mol. The van der Waals surface area contributed by atoms with Gasteiger partial charge in [-0.05, 0) is 44.5 Å². The molecule has 0 fully saturated rings. The summed E-state index contributed by atoms with van der Waals surface area (Å²) in [4.78, 5) is 0.162. The van der Waals surface area contributed by atoms with E-state index in [1.165, 1.54) is 18.2 Å². The number of anilines is 1. The summed E-state index contributed by atoms with van der Waals surface area (Å²) in [6.07, 6.45) is -0.102. The first kappa shape index (κ1) is 17.9. The molecule has 0 spiro atoms. The van der Waals surface area contributed by atoms with E-state index in [2.05, 4.69) is 4.72 Å². The van der Waals surface area contributed by atoms with Crippen molar-refractivity contribution in [3.63, 3.8) is 0 Å². The van der Waals surface area contributed by atoms with E-state index in [4.69, 9.17) is 27.9 Å². The molecule has 0 saturated heterocycles. The zero-order valence-electron chi connectivity index (χ0n) is 12.9. The lowest BCUT2D eigenvalue weighted by Gasteiger charge is -2.15. The number of ether oxygens (including phenoxy) is 1. The van der Waals surface area contributed by atoms with Gasteiger partial charge in [0, 0.05) is 6.07 Å². The first-order valence-corrected chi connectivity index (χ1v) is 9.18. The fourth-order valence-corrected chi connectivity index (χ4v) is 3.64. The summed E-state index contributed by atoms with van der Waals surface area (Å²) >= 11 is 12.2. The van der Waals surface area contributed by atoms with Gasteiger partial charge in [0.05, 0.1) is 26.7 Å². The Hall–Kier alpha value is -1.43. The Bertz CT molecular complexity index is 820. The van der Waals surface area contributed by atoms with Gasteiger partial charge in [0.25, 0.3) is 10.0 Å². The third kappa shape index (κ3) is 4.53. The number of hydrogen-bond acceptors (Lipinski definition) is 3. The van der Waals surface area contributed by atoms with Crippen LogP contribution in [0.1, 0.15) is 19.4 Å². The zero-order valence-corrected chi connectivity index (χ0v) is 15.3. The van der Waals surface area contributed by atoms with Crippen LogP contribution in [0.2, 0.25) is 10.0 Å². The van der Waals surface area contributed by atoms with Crippen molar-refractivity contribution in [3.8, 4) is 5.75 Å². The summed E-state index contributed by atoms with van der Waals surface area (Å²) in [5.41, 5.74) is 1.06. The number of hydrogen-bond donors (Lipinski definition) is 1. The number of aryl methyl sites for hydroxylation is 1. The van der Waals surface area contributed by atoms with Crippen molar-refractivity contribution in [2.75, 3.05) is 4.72 Å². The number of nitrogens with one attached hydrogen (secondary N) is 1. The van der Waals surface area contributed by atoms with Crippen molar-refractivity contribution in [1.82, 2.24) is 0 Å². The van der Waals surface area contributed by atoms with Crippen LogP contribution in [-0.2, 0) is 10.0 Å². The van der Waals surface area contributed by atoms with Crippen LogP contribution in [-0.4, -0.2) is 14.5 Å². The second-order valence-electron chi connectivity index (χ2n) is 5.35. The lowest BCUT2D eigenvalue weighted by molar-refractivity contribution is 0.243. The third-order valence-corrected chi connectivity index (χ3v) is 4.90. The van der Waals surface area contributed by atoms with Crippen LogP contribution in [0.4, 0.5) is 5.69 Å². The molecule has 7 heteroatoms. The van der Waals surface area contributed by atoms with Gasteiger partial charge in [0.2, 0.25) is 0 Å². The molecule has 1 N–H and O–H groups in total. The maximum Gasteiger partial charge on any atom is 0.261 e. The Labute approximate surface area is 146 Å². The molecule has 4 nitrogen and oxygen atoms in total. The molecule has 2 aromatic carbocycles. The van der Waals surface area contributed by atoms with E-state index in [9.17, 15) is 8.42 Å². The molecule has 0 saturated carbocycles. The minimum atomic E-state index is -3.75. The highest BCUT2D eigenvalue weighted by atomic mass is 35.5. The summed E-state index contributed by atoms with van der Waals surface area (Å²) in [6.45, 7) is 5.52. The fraction of sp³-hybridized carbons (Fsp3) is 0.250. The summed E-state index contributed by atoms with van der Waals surface area (Å²) in [6, 6.07) is 9.54. The molecule has 0 aliphatic rings. The topological polar surface area (TPSA) is 55.4 Å². The summed E-state index contributed by atoms with van der Waals surface area (Å²) < 4.78 is 33.0. The summed E-state index contributed by atoms with van der Waals surface area (Å²) in [5, 5.41) is 0.518. The van der Waals surface area contributed by atoms with Crippen LogP contribution in [0, 0.1) is 6.92 Å². The maximum absolute atomic E-state index is 12.5. The molecule has 0 radical (unpaired) electrons. The lowest BCUT2D eigenvalue weighted by atomic mass is 10.2. The normalized spacial score (nSPS) is 11.6. The Morgan fingerprint density at radius 1 is 1.09 bits per heavy atom. The number of benzene rings is 2. The third-order valence-electron chi connectivity index (χ3n) is 2.93. The van der Waals surface area contributed by atoms with Crippen molar-refractivity contribution in [2.45, 2.75) is 31.8 Å². The highest BCUT2D eigenvalue weighted by molar-refractivity contribution is 7.92. The van der Waals surface area contributed by atoms with Crippen LogP contribution >= 0.6 is 23.2 Å². The van der Waals surface area contributed by atoms with Crippen LogP contribution < -0.4 is 9.46 Å². The van der Waals surface area contributed by atoms with Crippen LogP contribution in [0.25, 0.3) is 0 Å². The van der Waals surface area contributed by atoms with E-state index in [0.717, 1.165) is 5.56 Å². The first-order chi connectivity index (χ1) is 10.7. The lowest BCUT2D eigenvalue weighted by Crippen LogP contribution is -2.14. The Morgan fingerprint density at radius 2 is 1.78 bits per heavy atom. The van der Waals surface area contributed by atoms with E-state index < -0.39 is 10.0 Å². The van der Waals surface area contributed by atoms with Gasteiger partial charge in [0.1, 0.15) is 5.75 Å². The van der Waals surface area contributed by atoms with Crippen LogP contribution in [0.3, 0.4) is 0 Å². The summed E-state index contributed by atoms with van der Waals surface area (Å²) in [7, 11) is -3.75. The molecule has 0 atom stereocenters. The van der Waals surface area contributed by atoms with E-state index in [1.54, 1.807) is 12.1 Å². The number of halogens is 2. The molecule has 0 aliphatic carbocycles. The highest BCUT2D eigenvalue weighted by Crippen LogP contribution is 2.35. The minimum absolute atomic E-state index is 0.102. The molecule has 0 unspecified atom stereocenters. The monoisotopic (exact) mass is 373 g/mol. The standard InChI is InChI=1S/C16H17Cl2NO3S/c1-10(2)22-16-9-15(13(17)8-14(16)18)19-23(20,21)12-6-4-5-11(3)7-12/h4-10,19H,1-3H3. The highest BCUT2D eigenvalue weighted by Gasteiger charge is 2.18. The van der Waals surface area contributed by atoms with Gasteiger partial charge in [-0.2, -0.15) is 0 Å². The molecule has 0 aromatic heterocycles. The smallest absolute Gasteiger partial charge is 0.261 e. The molecule has 0 bridgehead atoms. The van der Waals surface area contributed by atoms with Gasteiger partial charge in [-0.3, -0.25) is 4.72 Å². The van der Waals surface area contributed by atoms with Gasteiger partial charge in [-0.25, -0.2) is 8.42 Å². The average Bonchev–Trinajstić information content (AvgIpc) is 2.43. The molecule has 23 heavy (non-hydrogen) atoms. The predicted molar refractivity (Wildman–Crippen MR) is 94.2 cm³/mol. The Kier molecular flexibility index (Phi) is 5.45. The summed E-state index contributed by atoms with van der Waals surface area (Å²) in [5.74, 6) is 0.369. The van der Waals surface area contributed by atoms with Crippen LogP contribution in [0.15, 0.2) is 41.3 Å². The van der Waals surface area contributed by atoms with E-state index in [1.807, 2.05) is 26.8 Å². The van der Waals surface area contributed by atoms with Crippen molar-refractivity contribution in [2.24, 2.45) is 0 Å². The largest absolute Gasteiger partial charge is 0.489 e. The van der Waals surface area contributed by atoms with Crippen LogP contribution in [0.5, 0.6) is 5.75 Å². The first-order valence-electron chi connectivity index (χ1n) is 6.94. The van der Waals surface area contributed by atoms with Crippen molar-refractivity contribution < 1.29 is 13.2 Å². The zero-order chi connectivity index (χ0) is 17.2. The molecule has 124 valence electrons. The van der Waals surface area contributed by atoms with E-state index in [-0.39, 0.29) is 21.7 Å². The number of rotatable bonds is 5. The van der Waals surface area contributed by atoms with Gasteiger partial charge < -0.3 is 4.74 Å². The second-order valence-corrected chi connectivity index (χ2v) is 7.85. The van der Waals surface area contributed by atoms with E-state index >= 15 is 0 Å². The molecule has 0 aliphatic heterocycles. The molecule has 0 amide bonds. The Balaban J connectivity index is 2.39. The second kappa shape index (κ2) is 6.99. The molecular weight excluding hydrogens is 357 g/mol. The van der Waals surface area contributed by atoms with Gasteiger partial charge in [0.15, 0.2) is 0 Å². The van der Waals surface area contributed by atoms with Crippen molar-refractivity contribution in [3.05, 3.63) is 52.0 Å². The molecule has 2 rings (SSSR count). The Morgan fingerprint density at radius 3 is 2.39 bits per heavy atom. The quantitative estimate of drug-likeness (QED) is 0.811. The van der Waals surface area contributed by atoms with Gasteiger partial charge in [-0.1, -0.05) is 35.3 Å². The minimum Gasteiger partial charge on any atom is -0.489 e.